The summed E-state index contributed by atoms with van der Waals surface area (Å²) in [6, 6.07) is 8.02. The lowest BCUT2D eigenvalue weighted by atomic mass is 9.86. The van der Waals surface area contributed by atoms with Crippen molar-refractivity contribution in [2.75, 3.05) is 18.5 Å². The third kappa shape index (κ3) is 2.39. The highest BCUT2D eigenvalue weighted by Crippen LogP contribution is 2.31. The van der Waals surface area contributed by atoms with Crippen LogP contribution in [0.15, 0.2) is 18.2 Å². The monoisotopic (exact) mass is 246 g/mol. The summed E-state index contributed by atoms with van der Waals surface area (Å²) in [5.41, 5.74) is 4.16. The summed E-state index contributed by atoms with van der Waals surface area (Å²) in [5.74, 6) is 0.684. The van der Waals surface area contributed by atoms with Crippen molar-refractivity contribution in [3.8, 4) is 0 Å². The Morgan fingerprint density at radius 2 is 1.94 bits per heavy atom. The van der Waals surface area contributed by atoms with Gasteiger partial charge in [-0.25, -0.2) is 0 Å². The van der Waals surface area contributed by atoms with Gasteiger partial charge in [-0.1, -0.05) is 19.1 Å². The summed E-state index contributed by atoms with van der Waals surface area (Å²) in [5, 5.41) is 3.46. The molecule has 2 nitrogen and oxygen atoms in total. The Kier molecular flexibility index (Phi) is 3.96. The standard InChI is InChI=1S/C16H26N2/c1-11-6-7-12(2)16(10-11)18-9-8-15(17-5)13(3)14(18)4/h6-7,10,13-15,17H,8-9H2,1-5H3. The van der Waals surface area contributed by atoms with Crippen LogP contribution in [0.5, 0.6) is 0 Å². The Labute approximate surface area is 111 Å². The Bertz CT molecular complexity index is 414. The number of aryl methyl sites for hydroxylation is 2. The average Bonchev–Trinajstić information content (AvgIpc) is 2.36. The first-order chi connectivity index (χ1) is 8.54. The molecule has 3 atom stereocenters. The van der Waals surface area contributed by atoms with Crippen LogP contribution in [-0.4, -0.2) is 25.7 Å². The predicted molar refractivity (Wildman–Crippen MR) is 79.4 cm³/mol. The maximum absolute atomic E-state index is 3.46. The molecule has 0 aliphatic carbocycles. The molecule has 0 spiro atoms. The van der Waals surface area contributed by atoms with Crippen LogP contribution in [0.25, 0.3) is 0 Å². The Hall–Kier alpha value is -1.02. The Balaban J connectivity index is 2.26. The molecule has 2 rings (SSSR count). The van der Waals surface area contributed by atoms with Crippen molar-refractivity contribution in [3.63, 3.8) is 0 Å². The van der Waals surface area contributed by atoms with E-state index in [0.717, 1.165) is 6.54 Å². The topological polar surface area (TPSA) is 15.3 Å². The maximum atomic E-state index is 3.46. The molecule has 0 amide bonds. The number of rotatable bonds is 2. The van der Waals surface area contributed by atoms with Crippen LogP contribution >= 0.6 is 0 Å². The van der Waals surface area contributed by atoms with Gasteiger partial charge < -0.3 is 10.2 Å². The first-order valence-corrected chi connectivity index (χ1v) is 7.05. The van der Waals surface area contributed by atoms with E-state index in [1.165, 1.54) is 23.2 Å². The number of nitrogens with one attached hydrogen (secondary N) is 1. The minimum atomic E-state index is 0.594. The molecule has 2 heteroatoms. The van der Waals surface area contributed by atoms with E-state index < -0.39 is 0 Å². The van der Waals surface area contributed by atoms with Crippen LogP contribution in [0.2, 0.25) is 0 Å². The largest absolute Gasteiger partial charge is 0.368 e. The lowest BCUT2D eigenvalue weighted by molar-refractivity contribution is 0.282. The van der Waals surface area contributed by atoms with E-state index >= 15 is 0 Å². The molecule has 1 heterocycles. The van der Waals surface area contributed by atoms with E-state index in [-0.39, 0.29) is 0 Å². The van der Waals surface area contributed by atoms with Crippen LogP contribution < -0.4 is 10.2 Å². The van der Waals surface area contributed by atoms with Crippen molar-refractivity contribution in [2.45, 2.75) is 46.2 Å². The van der Waals surface area contributed by atoms with Crippen LogP contribution in [0.3, 0.4) is 0 Å². The second-order valence-electron chi connectivity index (χ2n) is 5.77. The van der Waals surface area contributed by atoms with Crippen molar-refractivity contribution in [3.05, 3.63) is 29.3 Å². The molecular weight excluding hydrogens is 220 g/mol. The first kappa shape index (κ1) is 13.4. The molecule has 1 aromatic carbocycles. The van der Waals surface area contributed by atoms with Crippen molar-refractivity contribution in [1.29, 1.82) is 0 Å². The predicted octanol–water partition coefficient (Wildman–Crippen LogP) is 3.13. The molecule has 1 aliphatic heterocycles. The zero-order chi connectivity index (χ0) is 13.3. The number of hydrogen-bond acceptors (Lipinski definition) is 2. The summed E-state index contributed by atoms with van der Waals surface area (Å²) in [6.45, 7) is 10.3. The second kappa shape index (κ2) is 5.31. The minimum Gasteiger partial charge on any atom is -0.368 e. The number of hydrogen-bond donors (Lipinski definition) is 1. The maximum Gasteiger partial charge on any atom is 0.0401 e. The summed E-state index contributed by atoms with van der Waals surface area (Å²) in [4.78, 5) is 2.58. The quantitative estimate of drug-likeness (QED) is 0.862. The summed E-state index contributed by atoms with van der Waals surface area (Å²) < 4.78 is 0. The molecule has 1 N–H and O–H groups in total. The van der Waals surface area contributed by atoms with Crippen LogP contribution in [-0.2, 0) is 0 Å². The zero-order valence-corrected chi connectivity index (χ0v) is 12.3. The van der Waals surface area contributed by atoms with Crippen molar-refractivity contribution in [2.24, 2.45) is 5.92 Å². The smallest absolute Gasteiger partial charge is 0.0401 e. The molecule has 0 saturated carbocycles. The van der Waals surface area contributed by atoms with E-state index in [9.17, 15) is 0 Å². The highest BCUT2D eigenvalue weighted by molar-refractivity contribution is 5.56. The highest BCUT2D eigenvalue weighted by atomic mass is 15.2. The molecule has 1 aromatic rings. The number of benzene rings is 1. The van der Waals surface area contributed by atoms with Gasteiger partial charge in [-0.3, -0.25) is 0 Å². The average molecular weight is 246 g/mol. The lowest BCUT2D eigenvalue weighted by Gasteiger charge is -2.44. The molecule has 1 saturated heterocycles. The second-order valence-corrected chi connectivity index (χ2v) is 5.77. The molecule has 1 fully saturated rings. The van der Waals surface area contributed by atoms with Gasteiger partial charge in [0.2, 0.25) is 0 Å². The highest BCUT2D eigenvalue weighted by Gasteiger charge is 2.32. The van der Waals surface area contributed by atoms with E-state index in [1.807, 2.05) is 0 Å². The van der Waals surface area contributed by atoms with Crippen molar-refractivity contribution >= 4 is 5.69 Å². The molecule has 3 unspecified atom stereocenters. The fourth-order valence-corrected chi connectivity index (χ4v) is 3.14. The van der Waals surface area contributed by atoms with Gasteiger partial charge >= 0.3 is 0 Å². The molecule has 100 valence electrons. The zero-order valence-electron chi connectivity index (χ0n) is 12.3. The van der Waals surface area contributed by atoms with E-state index in [1.54, 1.807) is 0 Å². The van der Waals surface area contributed by atoms with Crippen LogP contribution in [0.4, 0.5) is 5.69 Å². The SMILES string of the molecule is CNC1CCN(c2cc(C)ccc2C)C(C)C1C. The van der Waals surface area contributed by atoms with Gasteiger partial charge in [0.15, 0.2) is 0 Å². The molecular formula is C16H26N2. The summed E-state index contributed by atoms with van der Waals surface area (Å²) >= 11 is 0. The molecule has 18 heavy (non-hydrogen) atoms. The molecule has 0 bridgehead atoms. The van der Waals surface area contributed by atoms with Gasteiger partial charge in [-0.05, 0) is 57.4 Å². The Morgan fingerprint density at radius 3 is 2.61 bits per heavy atom. The van der Waals surface area contributed by atoms with E-state index in [4.69, 9.17) is 0 Å². The summed E-state index contributed by atoms with van der Waals surface area (Å²) in [7, 11) is 2.08. The van der Waals surface area contributed by atoms with Gasteiger partial charge in [0, 0.05) is 24.3 Å². The number of nitrogens with zero attached hydrogens (tertiary/aromatic N) is 1. The third-order valence-electron chi connectivity index (χ3n) is 4.61. The van der Waals surface area contributed by atoms with Crippen LogP contribution in [0, 0.1) is 19.8 Å². The van der Waals surface area contributed by atoms with E-state index in [2.05, 4.69) is 63.2 Å². The molecule has 0 aromatic heterocycles. The third-order valence-corrected chi connectivity index (χ3v) is 4.61. The fraction of sp³-hybridized carbons (Fsp3) is 0.625. The Morgan fingerprint density at radius 1 is 1.22 bits per heavy atom. The van der Waals surface area contributed by atoms with Gasteiger partial charge in [-0.2, -0.15) is 0 Å². The van der Waals surface area contributed by atoms with Gasteiger partial charge in [-0.15, -0.1) is 0 Å². The van der Waals surface area contributed by atoms with E-state index in [0.29, 0.717) is 18.0 Å². The fourth-order valence-electron chi connectivity index (χ4n) is 3.14. The van der Waals surface area contributed by atoms with Crippen LogP contribution in [0.1, 0.15) is 31.4 Å². The number of anilines is 1. The normalized spacial score (nSPS) is 28.5. The number of piperidine rings is 1. The molecule has 0 radical (unpaired) electrons. The lowest BCUT2D eigenvalue weighted by Crippen LogP contribution is -2.53. The molecule has 1 aliphatic rings. The van der Waals surface area contributed by atoms with Gasteiger partial charge in [0.05, 0.1) is 0 Å². The summed E-state index contributed by atoms with van der Waals surface area (Å²) in [6.07, 6.45) is 1.23. The van der Waals surface area contributed by atoms with Gasteiger partial charge in [0.25, 0.3) is 0 Å². The first-order valence-electron chi connectivity index (χ1n) is 7.05. The van der Waals surface area contributed by atoms with Gasteiger partial charge in [0.1, 0.15) is 0 Å². The van der Waals surface area contributed by atoms with Crippen molar-refractivity contribution in [1.82, 2.24) is 5.32 Å². The minimum absolute atomic E-state index is 0.594. The van der Waals surface area contributed by atoms with Crippen molar-refractivity contribution < 1.29 is 0 Å².